The Balaban J connectivity index is 2.09. The van der Waals surface area contributed by atoms with Crippen molar-refractivity contribution in [1.29, 1.82) is 0 Å². The van der Waals surface area contributed by atoms with E-state index in [1.54, 1.807) is 0 Å². The van der Waals surface area contributed by atoms with Gasteiger partial charge in [-0.2, -0.15) is 0 Å². The van der Waals surface area contributed by atoms with E-state index >= 15 is 0 Å². The van der Waals surface area contributed by atoms with Gasteiger partial charge in [0.25, 0.3) is 0 Å². The van der Waals surface area contributed by atoms with E-state index in [1.165, 1.54) is 31.0 Å². The quantitative estimate of drug-likeness (QED) is 0.785. The number of rotatable bonds is 7. The van der Waals surface area contributed by atoms with Crippen molar-refractivity contribution in [3.8, 4) is 0 Å². The number of nitrogens with one attached hydrogen (secondary N) is 1. The molecule has 2 rings (SSSR count). The van der Waals surface area contributed by atoms with Crippen molar-refractivity contribution in [2.75, 3.05) is 6.54 Å². The van der Waals surface area contributed by atoms with Gasteiger partial charge in [0, 0.05) is 18.2 Å². The SMILES string of the molecule is CCCC(C)(CNC1CC1)Cc1c(F)cccc1F. The van der Waals surface area contributed by atoms with E-state index in [1.807, 2.05) is 0 Å². The van der Waals surface area contributed by atoms with Gasteiger partial charge in [0.05, 0.1) is 0 Å². The lowest BCUT2D eigenvalue weighted by Crippen LogP contribution is -2.35. The van der Waals surface area contributed by atoms with Crippen molar-refractivity contribution < 1.29 is 8.78 Å². The van der Waals surface area contributed by atoms with Gasteiger partial charge in [-0.15, -0.1) is 0 Å². The first-order valence-electron chi connectivity index (χ1n) is 7.20. The molecule has 0 radical (unpaired) electrons. The summed E-state index contributed by atoms with van der Waals surface area (Å²) in [6, 6.07) is 4.74. The maximum atomic E-state index is 13.8. The molecule has 19 heavy (non-hydrogen) atoms. The molecule has 1 saturated carbocycles. The van der Waals surface area contributed by atoms with Gasteiger partial charge >= 0.3 is 0 Å². The Morgan fingerprint density at radius 1 is 1.26 bits per heavy atom. The largest absolute Gasteiger partial charge is 0.313 e. The highest BCUT2D eigenvalue weighted by molar-refractivity contribution is 5.21. The van der Waals surface area contributed by atoms with Gasteiger partial charge in [0.2, 0.25) is 0 Å². The van der Waals surface area contributed by atoms with Crippen LogP contribution in [0, 0.1) is 17.0 Å². The van der Waals surface area contributed by atoms with Crippen molar-refractivity contribution >= 4 is 0 Å². The smallest absolute Gasteiger partial charge is 0.129 e. The summed E-state index contributed by atoms with van der Waals surface area (Å²) in [6.45, 7) is 5.07. The van der Waals surface area contributed by atoms with Gasteiger partial charge in [0.15, 0.2) is 0 Å². The molecule has 0 heterocycles. The molecule has 1 fully saturated rings. The molecule has 1 atom stereocenters. The fourth-order valence-electron chi connectivity index (χ4n) is 2.65. The van der Waals surface area contributed by atoms with E-state index in [-0.39, 0.29) is 11.0 Å². The van der Waals surface area contributed by atoms with Crippen molar-refractivity contribution in [3.05, 3.63) is 35.4 Å². The van der Waals surface area contributed by atoms with Crippen LogP contribution in [0.3, 0.4) is 0 Å². The molecule has 0 saturated heterocycles. The Bertz CT molecular complexity index is 409. The average Bonchev–Trinajstić information content (AvgIpc) is 3.16. The first-order chi connectivity index (χ1) is 9.04. The summed E-state index contributed by atoms with van der Waals surface area (Å²) < 4.78 is 27.5. The van der Waals surface area contributed by atoms with E-state index in [0.717, 1.165) is 19.4 Å². The van der Waals surface area contributed by atoms with Crippen LogP contribution in [-0.2, 0) is 6.42 Å². The summed E-state index contributed by atoms with van der Waals surface area (Å²) in [5.41, 5.74) is 0.149. The van der Waals surface area contributed by atoms with Crippen LogP contribution in [0.4, 0.5) is 8.78 Å². The summed E-state index contributed by atoms with van der Waals surface area (Å²) in [5, 5.41) is 3.50. The normalized spacial score (nSPS) is 18.3. The molecule has 1 aromatic carbocycles. The van der Waals surface area contributed by atoms with Crippen LogP contribution >= 0.6 is 0 Å². The third-order valence-corrected chi connectivity index (χ3v) is 3.91. The second-order valence-corrected chi connectivity index (χ2v) is 6.09. The Morgan fingerprint density at radius 3 is 2.42 bits per heavy atom. The van der Waals surface area contributed by atoms with Gasteiger partial charge in [-0.1, -0.05) is 26.3 Å². The molecule has 106 valence electrons. The standard InChI is InChI=1S/C16H23F2N/c1-3-9-16(2,11-19-12-7-8-12)10-13-14(17)5-4-6-15(13)18/h4-6,12,19H,3,7-11H2,1-2H3. The Morgan fingerprint density at radius 2 is 1.89 bits per heavy atom. The molecule has 0 aromatic heterocycles. The summed E-state index contributed by atoms with van der Waals surface area (Å²) in [5.74, 6) is -0.845. The molecular formula is C16H23F2N. The zero-order valence-electron chi connectivity index (χ0n) is 11.8. The summed E-state index contributed by atoms with van der Waals surface area (Å²) in [7, 11) is 0. The molecule has 0 spiro atoms. The van der Waals surface area contributed by atoms with Gasteiger partial charge in [-0.3, -0.25) is 0 Å². The van der Waals surface area contributed by atoms with Gasteiger partial charge in [-0.05, 0) is 43.2 Å². The van der Waals surface area contributed by atoms with E-state index < -0.39 is 11.6 Å². The Kier molecular flexibility index (Phi) is 4.56. The fraction of sp³-hybridized carbons (Fsp3) is 0.625. The number of benzene rings is 1. The Labute approximate surface area is 114 Å². The molecule has 1 aromatic rings. The summed E-state index contributed by atoms with van der Waals surface area (Å²) in [6.07, 6.45) is 4.92. The summed E-state index contributed by atoms with van der Waals surface area (Å²) in [4.78, 5) is 0. The predicted octanol–water partition coefficient (Wildman–Crippen LogP) is 4.07. The minimum absolute atomic E-state index is 0.0830. The van der Waals surface area contributed by atoms with Crippen LogP contribution in [0.5, 0.6) is 0 Å². The zero-order chi connectivity index (χ0) is 13.9. The Hall–Kier alpha value is -0.960. The lowest BCUT2D eigenvalue weighted by Gasteiger charge is -2.30. The van der Waals surface area contributed by atoms with Gasteiger partial charge < -0.3 is 5.32 Å². The molecule has 0 aliphatic heterocycles. The highest BCUT2D eigenvalue weighted by Gasteiger charge is 2.30. The molecule has 1 N–H and O–H groups in total. The maximum absolute atomic E-state index is 13.8. The van der Waals surface area contributed by atoms with E-state index in [9.17, 15) is 8.78 Å². The molecule has 0 amide bonds. The number of halogens is 2. The van der Waals surface area contributed by atoms with Gasteiger partial charge in [-0.25, -0.2) is 8.78 Å². The third-order valence-electron chi connectivity index (χ3n) is 3.91. The fourth-order valence-corrected chi connectivity index (χ4v) is 2.65. The lowest BCUT2D eigenvalue weighted by molar-refractivity contribution is 0.267. The predicted molar refractivity (Wildman–Crippen MR) is 74.1 cm³/mol. The molecule has 1 aliphatic rings. The van der Waals surface area contributed by atoms with Crippen molar-refractivity contribution in [2.45, 2.75) is 52.0 Å². The highest BCUT2D eigenvalue weighted by atomic mass is 19.1. The van der Waals surface area contributed by atoms with Crippen LogP contribution in [0.25, 0.3) is 0 Å². The first kappa shape index (κ1) is 14.4. The van der Waals surface area contributed by atoms with E-state index in [2.05, 4.69) is 19.2 Å². The average molecular weight is 267 g/mol. The second kappa shape index (κ2) is 6.00. The third kappa shape index (κ3) is 4.00. The molecular weight excluding hydrogens is 244 g/mol. The molecule has 1 aliphatic carbocycles. The summed E-state index contributed by atoms with van der Waals surface area (Å²) >= 11 is 0. The second-order valence-electron chi connectivity index (χ2n) is 6.09. The monoisotopic (exact) mass is 267 g/mol. The van der Waals surface area contributed by atoms with Crippen LogP contribution < -0.4 is 5.32 Å². The topological polar surface area (TPSA) is 12.0 Å². The van der Waals surface area contributed by atoms with Gasteiger partial charge in [0.1, 0.15) is 11.6 Å². The van der Waals surface area contributed by atoms with Crippen molar-refractivity contribution in [1.82, 2.24) is 5.32 Å². The van der Waals surface area contributed by atoms with E-state index in [0.29, 0.717) is 12.5 Å². The van der Waals surface area contributed by atoms with E-state index in [4.69, 9.17) is 0 Å². The van der Waals surface area contributed by atoms with Crippen LogP contribution in [0.2, 0.25) is 0 Å². The number of hydrogen-bond acceptors (Lipinski definition) is 1. The van der Waals surface area contributed by atoms with Crippen molar-refractivity contribution in [3.63, 3.8) is 0 Å². The van der Waals surface area contributed by atoms with Crippen LogP contribution in [0.1, 0.15) is 45.1 Å². The molecule has 1 unspecified atom stereocenters. The number of hydrogen-bond donors (Lipinski definition) is 1. The zero-order valence-corrected chi connectivity index (χ0v) is 11.8. The van der Waals surface area contributed by atoms with Crippen molar-refractivity contribution in [2.24, 2.45) is 5.41 Å². The highest BCUT2D eigenvalue weighted by Crippen LogP contribution is 2.31. The minimum atomic E-state index is -0.422. The molecule has 0 bridgehead atoms. The minimum Gasteiger partial charge on any atom is -0.313 e. The van der Waals surface area contributed by atoms with Crippen LogP contribution in [0.15, 0.2) is 18.2 Å². The van der Waals surface area contributed by atoms with Crippen LogP contribution in [-0.4, -0.2) is 12.6 Å². The molecule has 3 heteroatoms. The maximum Gasteiger partial charge on any atom is 0.129 e. The first-order valence-corrected chi connectivity index (χ1v) is 7.20. The lowest BCUT2D eigenvalue weighted by atomic mass is 9.79. The molecule has 1 nitrogen and oxygen atoms in total.